The molecule has 5 heteroatoms. The van der Waals surface area contributed by atoms with Crippen LogP contribution in [0.2, 0.25) is 0 Å². The number of amides is 1. The second-order valence-electron chi connectivity index (χ2n) is 3.19. The van der Waals surface area contributed by atoms with Crippen LogP contribution in [0, 0.1) is 0 Å². The third kappa shape index (κ3) is 3.94. The highest BCUT2D eigenvalue weighted by molar-refractivity contribution is 7.80. The first-order valence-electron chi connectivity index (χ1n) is 4.92. The highest BCUT2D eigenvalue weighted by Crippen LogP contribution is 2.01. The maximum absolute atomic E-state index is 11.5. The van der Waals surface area contributed by atoms with Gasteiger partial charge in [-0.15, -0.1) is 0 Å². The summed E-state index contributed by atoms with van der Waals surface area (Å²) in [6, 6.07) is 9.38. The number of benzene rings is 1. The minimum atomic E-state index is -0.361. The molecule has 0 saturated carbocycles. The zero-order chi connectivity index (χ0) is 11.8. The Morgan fingerprint density at radius 1 is 1.38 bits per heavy atom. The lowest BCUT2D eigenvalue weighted by Gasteiger charge is -2.05. The minimum Gasteiger partial charge on any atom is -0.410 e. The fraction of sp³-hybridized carbons (Fsp3) is 0.273. The average molecular weight is 238 g/mol. The fourth-order valence-corrected chi connectivity index (χ4v) is 1.33. The standard InChI is InChI=1S/C11H14N2O2S/c14-11(12-6-7-16)10(13-15)8-9-4-2-1-3-5-9/h1-5,15-16H,6-8H2,(H,12,14)/b13-10+. The Bertz CT molecular complexity index is 366. The normalized spacial score (nSPS) is 11.2. The Kier molecular flexibility index (Phi) is 5.42. The number of hydrogen-bond acceptors (Lipinski definition) is 4. The maximum atomic E-state index is 11.5. The predicted octanol–water partition coefficient (Wildman–Crippen LogP) is 1.11. The second kappa shape index (κ2) is 6.90. The van der Waals surface area contributed by atoms with Crippen LogP contribution in [0.3, 0.4) is 0 Å². The number of hydrogen-bond donors (Lipinski definition) is 3. The quantitative estimate of drug-likeness (QED) is 0.311. The van der Waals surface area contributed by atoms with Crippen LogP contribution < -0.4 is 5.32 Å². The predicted molar refractivity (Wildman–Crippen MR) is 66.2 cm³/mol. The minimum absolute atomic E-state index is 0.105. The SMILES string of the molecule is O=C(NCCS)/C(Cc1ccccc1)=N/O. The maximum Gasteiger partial charge on any atom is 0.269 e. The van der Waals surface area contributed by atoms with Crippen LogP contribution in [-0.4, -0.2) is 29.1 Å². The van der Waals surface area contributed by atoms with Gasteiger partial charge in [-0.25, -0.2) is 0 Å². The summed E-state index contributed by atoms with van der Waals surface area (Å²) in [5.41, 5.74) is 1.03. The van der Waals surface area contributed by atoms with Gasteiger partial charge in [0.05, 0.1) is 0 Å². The first kappa shape index (κ1) is 12.6. The van der Waals surface area contributed by atoms with Gasteiger partial charge in [-0.3, -0.25) is 4.79 Å². The average Bonchev–Trinajstić information content (AvgIpc) is 2.34. The van der Waals surface area contributed by atoms with Crippen LogP contribution in [0.5, 0.6) is 0 Å². The molecule has 0 fully saturated rings. The fourth-order valence-electron chi connectivity index (χ4n) is 1.22. The van der Waals surface area contributed by atoms with Crippen molar-refractivity contribution < 1.29 is 10.0 Å². The molecule has 16 heavy (non-hydrogen) atoms. The van der Waals surface area contributed by atoms with E-state index in [0.717, 1.165) is 5.56 Å². The zero-order valence-electron chi connectivity index (χ0n) is 8.76. The van der Waals surface area contributed by atoms with Crippen molar-refractivity contribution in [3.8, 4) is 0 Å². The molecule has 0 aliphatic carbocycles. The van der Waals surface area contributed by atoms with Gasteiger partial charge in [0.2, 0.25) is 0 Å². The van der Waals surface area contributed by atoms with Crippen molar-refractivity contribution in [2.75, 3.05) is 12.3 Å². The van der Waals surface area contributed by atoms with Gasteiger partial charge in [0.1, 0.15) is 5.71 Å². The molecule has 0 heterocycles. The number of rotatable bonds is 5. The summed E-state index contributed by atoms with van der Waals surface area (Å²) in [4.78, 5) is 11.5. The Morgan fingerprint density at radius 3 is 2.62 bits per heavy atom. The van der Waals surface area contributed by atoms with E-state index in [0.29, 0.717) is 18.7 Å². The van der Waals surface area contributed by atoms with E-state index in [1.54, 1.807) is 0 Å². The van der Waals surface area contributed by atoms with Crippen LogP contribution >= 0.6 is 12.6 Å². The molecule has 0 aliphatic rings. The smallest absolute Gasteiger partial charge is 0.269 e. The van der Waals surface area contributed by atoms with Gasteiger partial charge in [-0.2, -0.15) is 12.6 Å². The molecular weight excluding hydrogens is 224 g/mol. The van der Waals surface area contributed by atoms with E-state index < -0.39 is 0 Å². The number of oxime groups is 1. The molecule has 1 amide bonds. The summed E-state index contributed by atoms with van der Waals surface area (Å²) in [6.45, 7) is 0.454. The molecule has 1 aromatic carbocycles. The van der Waals surface area contributed by atoms with E-state index in [4.69, 9.17) is 5.21 Å². The summed E-state index contributed by atoms with van der Waals surface area (Å²) < 4.78 is 0. The van der Waals surface area contributed by atoms with Gasteiger partial charge >= 0.3 is 0 Å². The van der Waals surface area contributed by atoms with Gasteiger partial charge in [-0.05, 0) is 5.56 Å². The van der Waals surface area contributed by atoms with Gasteiger partial charge in [-0.1, -0.05) is 35.5 Å². The molecule has 0 unspecified atom stereocenters. The van der Waals surface area contributed by atoms with Crippen LogP contribution in [0.1, 0.15) is 5.56 Å². The molecule has 1 aromatic rings. The lowest BCUT2D eigenvalue weighted by molar-refractivity contribution is -0.114. The van der Waals surface area contributed by atoms with Crippen molar-refractivity contribution in [2.45, 2.75) is 6.42 Å². The molecule has 0 radical (unpaired) electrons. The summed E-state index contributed by atoms with van der Waals surface area (Å²) >= 11 is 3.98. The summed E-state index contributed by atoms with van der Waals surface area (Å²) in [5.74, 6) is 0.191. The largest absolute Gasteiger partial charge is 0.410 e. The Balaban J connectivity index is 2.60. The molecule has 0 saturated heterocycles. The summed E-state index contributed by atoms with van der Waals surface area (Å²) in [6.07, 6.45) is 0.315. The number of carbonyl (C=O) groups excluding carboxylic acids is 1. The molecule has 0 bridgehead atoms. The Morgan fingerprint density at radius 2 is 2.06 bits per heavy atom. The highest BCUT2D eigenvalue weighted by atomic mass is 32.1. The monoisotopic (exact) mass is 238 g/mol. The molecule has 2 N–H and O–H groups in total. The number of nitrogens with zero attached hydrogens (tertiary/aromatic N) is 1. The van der Waals surface area contributed by atoms with Gasteiger partial charge in [0.15, 0.2) is 0 Å². The van der Waals surface area contributed by atoms with E-state index in [1.165, 1.54) is 0 Å². The molecule has 86 valence electrons. The van der Waals surface area contributed by atoms with E-state index in [-0.39, 0.29) is 11.6 Å². The Labute approximate surface area is 99.8 Å². The van der Waals surface area contributed by atoms with E-state index in [9.17, 15) is 4.79 Å². The molecule has 0 aliphatic heterocycles. The highest BCUT2D eigenvalue weighted by Gasteiger charge is 2.11. The van der Waals surface area contributed by atoms with Crippen molar-refractivity contribution in [2.24, 2.45) is 5.16 Å². The lowest BCUT2D eigenvalue weighted by Crippen LogP contribution is -2.33. The second-order valence-corrected chi connectivity index (χ2v) is 3.64. The van der Waals surface area contributed by atoms with Crippen LogP contribution in [0.15, 0.2) is 35.5 Å². The van der Waals surface area contributed by atoms with E-state index >= 15 is 0 Å². The number of thiol groups is 1. The van der Waals surface area contributed by atoms with Crippen molar-refractivity contribution in [1.82, 2.24) is 5.32 Å². The van der Waals surface area contributed by atoms with E-state index in [1.807, 2.05) is 30.3 Å². The van der Waals surface area contributed by atoms with Crippen molar-refractivity contribution in [3.63, 3.8) is 0 Å². The number of carbonyl (C=O) groups is 1. The van der Waals surface area contributed by atoms with Gasteiger partial charge in [0.25, 0.3) is 5.91 Å². The molecule has 0 atom stereocenters. The molecule has 0 spiro atoms. The zero-order valence-corrected chi connectivity index (χ0v) is 9.65. The third-order valence-electron chi connectivity index (χ3n) is 1.99. The first-order valence-corrected chi connectivity index (χ1v) is 5.55. The van der Waals surface area contributed by atoms with Crippen molar-refractivity contribution in [1.29, 1.82) is 0 Å². The Hall–Kier alpha value is -1.49. The topological polar surface area (TPSA) is 61.7 Å². The number of nitrogens with one attached hydrogen (secondary N) is 1. The van der Waals surface area contributed by atoms with Crippen LogP contribution in [-0.2, 0) is 11.2 Å². The van der Waals surface area contributed by atoms with Crippen LogP contribution in [0.4, 0.5) is 0 Å². The molecule has 1 rings (SSSR count). The van der Waals surface area contributed by atoms with E-state index in [2.05, 4.69) is 23.1 Å². The van der Waals surface area contributed by atoms with Gasteiger partial charge in [0, 0.05) is 18.7 Å². The lowest BCUT2D eigenvalue weighted by atomic mass is 10.1. The molecule has 4 nitrogen and oxygen atoms in total. The van der Waals surface area contributed by atoms with Gasteiger partial charge < -0.3 is 10.5 Å². The van der Waals surface area contributed by atoms with Crippen LogP contribution in [0.25, 0.3) is 0 Å². The molecule has 0 aromatic heterocycles. The third-order valence-corrected chi connectivity index (χ3v) is 2.22. The van der Waals surface area contributed by atoms with Crippen molar-refractivity contribution >= 4 is 24.2 Å². The first-order chi connectivity index (χ1) is 7.77. The molecular formula is C11H14N2O2S. The summed E-state index contributed by atoms with van der Waals surface area (Å²) in [7, 11) is 0. The summed E-state index contributed by atoms with van der Waals surface area (Å²) in [5, 5.41) is 14.4. The van der Waals surface area contributed by atoms with Crippen molar-refractivity contribution in [3.05, 3.63) is 35.9 Å².